The first-order valence-electron chi connectivity index (χ1n) is 10.3. The minimum absolute atomic E-state index is 0.0723. The van der Waals surface area contributed by atoms with Crippen LogP contribution in [0.2, 0.25) is 0 Å². The van der Waals surface area contributed by atoms with Crippen molar-refractivity contribution < 1.29 is 9.47 Å². The van der Waals surface area contributed by atoms with Crippen LogP contribution in [-0.4, -0.2) is 17.3 Å². The minimum Gasteiger partial charge on any atom is -0.496 e. The quantitative estimate of drug-likeness (QED) is 0.480. The molecule has 1 atom stereocenters. The Hall–Kier alpha value is -4.24. The van der Waals surface area contributed by atoms with Crippen LogP contribution < -0.4 is 15.2 Å². The number of aryl methyl sites for hydroxylation is 2. The maximum atomic E-state index is 10.0. The number of aromatic amines is 1. The highest BCUT2D eigenvalue weighted by atomic mass is 16.5. The normalized spacial score (nSPS) is 15.2. The maximum absolute atomic E-state index is 10.0. The van der Waals surface area contributed by atoms with Crippen LogP contribution in [0.5, 0.6) is 11.6 Å². The molecule has 1 unspecified atom stereocenters. The van der Waals surface area contributed by atoms with Gasteiger partial charge in [0.05, 0.1) is 24.3 Å². The summed E-state index contributed by atoms with van der Waals surface area (Å²) in [6, 6.07) is 20.4. The summed E-state index contributed by atoms with van der Waals surface area (Å²) in [5.74, 6) is 0.797. The van der Waals surface area contributed by atoms with Gasteiger partial charge in [-0.1, -0.05) is 42.5 Å². The van der Waals surface area contributed by atoms with E-state index in [1.165, 1.54) is 11.1 Å². The molecule has 1 aromatic heterocycles. The summed E-state index contributed by atoms with van der Waals surface area (Å²) in [5.41, 5.74) is 12.5. The lowest BCUT2D eigenvalue weighted by Gasteiger charge is -2.25. The molecular formula is C26H22N4O2. The standard InChI is InChI=1S/C26H22N4O2/c1-14-8-9-16(12-15(14)2)24-23-22(20(13-27)25(28)32-26(23)30-29-24)19-10-11-21(31-3)18-7-5-4-6-17(18)19/h4-12,22H,28H2,1-3H3,(H,29,30). The van der Waals surface area contributed by atoms with Crippen molar-refractivity contribution in [3.05, 3.63) is 88.3 Å². The lowest BCUT2D eigenvalue weighted by molar-refractivity contribution is 0.379. The Labute approximate surface area is 185 Å². The van der Waals surface area contributed by atoms with E-state index in [1.54, 1.807) is 7.11 Å². The van der Waals surface area contributed by atoms with Crippen molar-refractivity contribution in [2.75, 3.05) is 7.11 Å². The number of nitrogens with zero attached hydrogens (tertiary/aromatic N) is 2. The molecule has 0 radical (unpaired) electrons. The molecule has 0 saturated carbocycles. The number of fused-ring (bicyclic) bond motifs is 2. The van der Waals surface area contributed by atoms with E-state index in [9.17, 15) is 5.26 Å². The average molecular weight is 422 g/mol. The second kappa shape index (κ2) is 7.47. The number of nitrogens with two attached hydrogens (primary N) is 1. The SMILES string of the molecule is COc1ccc(C2C(C#N)=C(N)Oc3n[nH]c(-c4ccc(C)c(C)c4)c32)c2ccccc12. The fraction of sp³-hybridized carbons (Fsp3) is 0.154. The van der Waals surface area contributed by atoms with E-state index in [1.807, 2.05) is 42.5 Å². The second-order valence-electron chi connectivity index (χ2n) is 7.94. The van der Waals surface area contributed by atoms with Gasteiger partial charge in [-0.05, 0) is 48.1 Å². The zero-order chi connectivity index (χ0) is 22.4. The number of rotatable bonds is 3. The molecule has 0 saturated heterocycles. The zero-order valence-corrected chi connectivity index (χ0v) is 18.1. The largest absolute Gasteiger partial charge is 0.496 e. The topological polar surface area (TPSA) is 96.9 Å². The fourth-order valence-corrected chi connectivity index (χ4v) is 4.40. The predicted molar refractivity (Wildman–Crippen MR) is 123 cm³/mol. The molecule has 158 valence electrons. The highest BCUT2D eigenvalue weighted by Crippen LogP contribution is 2.48. The summed E-state index contributed by atoms with van der Waals surface area (Å²) in [7, 11) is 1.65. The molecule has 6 heteroatoms. The molecule has 3 aromatic carbocycles. The van der Waals surface area contributed by atoms with Crippen molar-refractivity contribution >= 4 is 10.8 Å². The van der Waals surface area contributed by atoms with Gasteiger partial charge in [-0.25, -0.2) is 0 Å². The van der Waals surface area contributed by atoms with Crippen LogP contribution in [0.25, 0.3) is 22.0 Å². The van der Waals surface area contributed by atoms with Gasteiger partial charge in [-0.2, -0.15) is 5.26 Å². The maximum Gasteiger partial charge on any atom is 0.244 e. The van der Waals surface area contributed by atoms with Gasteiger partial charge in [0.1, 0.15) is 17.4 Å². The number of H-pyrrole nitrogens is 1. The zero-order valence-electron chi connectivity index (χ0n) is 18.1. The molecule has 0 aliphatic carbocycles. The van der Waals surface area contributed by atoms with Gasteiger partial charge in [-0.15, -0.1) is 5.10 Å². The first kappa shape index (κ1) is 19.7. The van der Waals surface area contributed by atoms with Crippen molar-refractivity contribution in [2.24, 2.45) is 5.73 Å². The lowest BCUT2D eigenvalue weighted by Crippen LogP contribution is -2.21. The number of benzene rings is 3. The number of nitriles is 1. The van der Waals surface area contributed by atoms with Gasteiger partial charge in [0.2, 0.25) is 11.8 Å². The average Bonchev–Trinajstić information content (AvgIpc) is 3.22. The Balaban J connectivity index is 1.81. The monoisotopic (exact) mass is 422 g/mol. The summed E-state index contributed by atoms with van der Waals surface area (Å²) in [5, 5.41) is 19.5. The number of allylic oxidation sites excluding steroid dienone is 1. The van der Waals surface area contributed by atoms with Crippen LogP contribution in [0.15, 0.2) is 66.1 Å². The highest BCUT2D eigenvalue weighted by molar-refractivity contribution is 5.93. The van der Waals surface area contributed by atoms with E-state index in [0.29, 0.717) is 11.5 Å². The van der Waals surface area contributed by atoms with E-state index in [2.05, 4.69) is 42.2 Å². The van der Waals surface area contributed by atoms with Crippen LogP contribution in [0, 0.1) is 25.2 Å². The number of methoxy groups -OCH3 is 1. The Kier molecular flexibility index (Phi) is 4.60. The molecule has 5 rings (SSSR count). The van der Waals surface area contributed by atoms with Gasteiger partial charge >= 0.3 is 0 Å². The number of nitrogens with one attached hydrogen (secondary N) is 1. The van der Waals surface area contributed by atoms with Crippen LogP contribution in [0.1, 0.15) is 28.2 Å². The number of hydrogen-bond acceptors (Lipinski definition) is 5. The molecular weight excluding hydrogens is 400 g/mol. The highest BCUT2D eigenvalue weighted by Gasteiger charge is 2.36. The minimum atomic E-state index is -0.435. The van der Waals surface area contributed by atoms with E-state index < -0.39 is 5.92 Å². The van der Waals surface area contributed by atoms with Crippen LogP contribution in [0.3, 0.4) is 0 Å². The van der Waals surface area contributed by atoms with Gasteiger partial charge in [0.25, 0.3) is 0 Å². The van der Waals surface area contributed by atoms with Crippen molar-refractivity contribution in [3.8, 4) is 29.0 Å². The van der Waals surface area contributed by atoms with Gasteiger partial charge in [-0.3, -0.25) is 5.10 Å². The molecule has 32 heavy (non-hydrogen) atoms. The Morgan fingerprint density at radius 2 is 1.84 bits per heavy atom. The number of aromatic nitrogens is 2. The van der Waals surface area contributed by atoms with Crippen LogP contribution in [0.4, 0.5) is 0 Å². The van der Waals surface area contributed by atoms with Crippen LogP contribution >= 0.6 is 0 Å². The summed E-state index contributed by atoms with van der Waals surface area (Å²) >= 11 is 0. The second-order valence-corrected chi connectivity index (χ2v) is 7.94. The fourth-order valence-electron chi connectivity index (χ4n) is 4.40. The van der Waals surface area contributed by atoms with Crippen molar-refractivity contribution in [1.82, 2.24) is 10.2 Å². The van der Waals surface area contributed by atoms with E-state index in [0.717, 1.165) is 38.9 Å². The molecule has 0 amide bonds. The third kappa shape index (κ3) is 2.90. The van der Waals surface area contributed by atoms with E-state index in [4.69, 9.17) is 15.2 Å². The van der Waals surface area contributed by atoms with Gasteiger partial charge in [0, 0.05) is 10.9 Å². The first-order valence-corrected chi connectivity index (χ1v) is 10.3. The Bertz CT molecular complexity index is 1440. The summed E-state index contributed by atoms with van der Waals surface area (Å²) in [4.78, 5) is 0. The van der Waals surface area contributed by atoms with E-state index >= 15 is 0 Å². The molecule has 3 N–H and O–H groups in total. The van der Waals surface area contributed by atoms with E-state index in [-0.39, 0.29) is 5.88 Å². The molecule has 2 heterocycles. The van der Waals surface area contributed by atoms with Gasteiger partial charge in [0.15, 0.2) is 0 Å². The summed E-state index contributed by atoms with van der Waals surface area (Å²) in [6.07, 6.45) is 0. The molecule has 6 nitrogen and oxygen atoms in total. The molecule has 0 spiro atoms. The smallest absolute Gasteiger partial charge is 0.244 e. The van der Waals surface area contributed by atoms with Crippen molar-refractivity contribution in [1.29, 1.82) is 5.26 Å². The molecule has 0 fully saturated rings. The third-order valence-electron chi connectivity index (χ3n) is 6.18. The van der Waals surface area contributed by atoms with Crippen LogP contribution in [-0.2, 0) is 0 Å². The summed E-state index contributed by atoms with van der Waals surface area (Å²) in [6.45, 7) is 4.15. The number of hydrogen-bond donors (Lipinski definition) is 2. The van der Waals surface area contributed by atoms with Crippen molar-refractivity contribution in [2.45, 2.75) is 19.8 Å². The Morgan fingerprint density at radius 3 is 2.56 bits per heavy atom. The summed E-state index contributed by atoms with van der Waals surface area (Å²) < 4.78 is 11.3. The first-order chi connectivity index (χ1) is 15.5. The molecule has 0 bridgehead atoms. The third-order valence-corrected chi connectivity index (χ3v) is 6.18. The van der Waals surface area contributed by atoms with Crippen molar-refractivity contribution in [3.63, 3.8) is 0 Å². The molecule has 1 aliphatic rings. The molecule has 4 aromatic rings. The lowest BCUT2D eigenvalue weighted by atomic mass is 9.80. The number of ether oxygens (including phenoxy) is 2. The Morgan fingerprint density at radius 1 is 1.06 bits per heavy atom. The molecule has 1 aliphatic heterocycles. The predicted octanol–water partition coefficient (Wildman–Crippen LogP) is 5.07. The van der Waals surface area contributed by atoms with Gasteiger partial charge < -0.3 is 15.2 Å².